The number of thioether (sulfide) groups is 1. The lowest BCUT2D eigenvalue weighted by Crippen LogP contribution is -2.38. The lowest BCUT2D eigenvalue weighted by atomic mass is 10.4. The molecule has 8 heteroatoms. The number of aliphatic imine (C=N–C) groups is 1. The molecule has 0 saturated carbocycles. The Morgan fingerprint density at radius 1 is 1.36 bits per heavy atom. The molecule has 2 aromatic rings. The number of aromatic nitrogens is 1. The van der Waals surface area contributed by atoms with Gasteiger partial charge in [0.2, 0.25) is 0 Å². The number of thiazole rings is 1. The Hall–Kier alpha value is -0.870. The Bertz CT molecular complexity index is 661. The van der Waals surface area contributed by atoms with Gasteiger partial charge in [0.15, 0.2) is 5.96 Å². The lowest BCUT2D eigenvalue weighted by molar-refractivity contribution is 0.471. The highest BCUT2D eigenvalue weighted by molar-refractivity contribution is 14.0. The quantitative estimate of drug-likeness (QED) is 0.204. The topological polar surface area (TPSA) is 40.5 Å². The van der Waals surface area contributed by atoms with Crippen LogP contribution >= 0.6 is 47.1 Å². The zero-order valence-electron chi connectivity index (χ0n) is 14.7. The molecule has 1 aromatic carbocycles. The molecule has 0 aliphatic rings. The summed E-state index contributed by atoms with van der Waals surface area (Å²) in [5.41, 5.74) is 1.06. The van der Waals surface area contributed by atoms with E-state index in [9.17, 15) is 4.39 Å². The highest BCUT2D eigenvalue weighted by Gasteiger charge is 2.08. The number of nitrogens with zero attached hydrogens (tertiary/aromatic N) is 3. The van der Waals surface area contributed by atoms with E-state index in [4.69, 9.17) is 0 Å². The number of halogens is 2. The molecule has 138 valence electrons. The van der Waals surface area contributed by atoms with Crippen molar-refractivity contribution in [2.45, 2.75) is 25.3 Å². The molecule has 2 rings (SSSR count). The first-order valence-corrected chi connectivity index (χ1v) is 9.74. The number of aryl methyl sites for hydroxylation is 1. The van der Waals surface area contributed by atoms with Gasteiger partial charge in [0.25, 0.3) is 0 Å². The van der Waals surface area contributed by atoms with Crippen molar-refractivity contribution in [3.8, 4) is 0 Å². The van der Waals surface area contributed by atoms with E-state index in [1.54, 1.807) is 35.2 Å². The molecular weight excluding hydrogens is 470 g/mol. The third-order valence-electron chi connectivity index (χ3n) is 3.20. The van der Waals surface area contributed by atoms with Gasteiger partial charge >= 0.3 is 0 Å². The van der Waals surface area contributed by atoms with Gasteiger partial charge in [0.1, 0.15) is 5.82 Å². The monoisotopic (exact) mass is 494 g/mol. The molecule has 1 N–H and O–H groups in total. The summed E-state index contributed by atoms with van der Waals surface area (Å²) in [4.78, 5) is 12.3. The molecule has 0 aliphatic carbocycles. The van der Waals surface area contributed by atoms with Gasteiger partial charge in [-0.3, -0.25) is 4.99 Å². The number of hydrogen-bond acceptors (Lipinski definition) is 4. The van der Waals surface area contributed by atoms with E-state index in [1.165, 1.54) is 12.1 Å². The van der Waals surface area contributed by atoms with Crippen LogP contribution in [-0.2, 0) is 6.54 Å². The standard InChI is InChI=1S/C17H23FN4S2.HI/c1-4-19-17(22(3)11-15-12-24-13(2)21-15)20-9-10-23-16-7-5-14(18)6-8-16;/h5-8,12H,4,9-11H2,1-3H3,(H,19,20);1H. The molecule has 0 spiro atoms. The van der Waals surface area contributed by atoms with Crippen LogP contribution in [0.4, 0.5) is 4.39 Å². The van der Waals surface area contributed by atoms with E-state index in [2.05, 4.69) is 32.5 Å². The molecule has 0 bridgehead atoms. The van der Waals surface area contributed by atoms with E-state index in [1.807, 2.05) is 14.0 Å². The fraction of sp³-hybridized carbons (Fsp3) is 0.412. The second kappa shape index (κ2) is 11.7. The molecule has 0 fully saturated rings. The average molecular weight is 494 g/mol. The zero-order valence-corrected chi connectivity index (χ0v) is 18.6. The van der Waals surface area contributed by atoms with Gasteiger partial charge in [-0.15, -0.1) is 47.1 Å². The second-order valence-corrected chi connectivity index (χ2v) is 7.48. The first-order chi connectivity index (χ1) is 11.6. The smallest absolute Gasteiger partial charge is 0.194 e. The van der Waals surface area contributed by atoms with Gasteiger partial charge < -0.3 is 10.2 Å². The van der Waals surface area contributed by atoms with Crippen LogP contribution in [0, 0.1) is 12.7 Å². The molecule has 0 saturated heterocycles. The Morgan fingerprint density at radius 3 is 2.68 bits per heavy atom. The minimum atomic E-state index is -0.203. The summed E-state index contributed by atoms with van der Waals surface area (Å²) in [5.74, 6) is 1.53. The van der Waals surface area contributed by atoms with E-state index in [-0.39, 0.29) is 29.8 Å². The van der Waals surface area contributed by atoms with Gasteiger partial charge in [-0.2, -0.15) is 0 Å². The second-order valence-electron chi connectivity index (χ2n) is 5.25. The highest BCUT2D eigenvalue weighted by atomic mass is 127. The van der Waals surface area contributed by atoms with Crippen LogP contribution in [-0.4, -0.2) is 41.7 Å². The maximum Gasteiger partial charge on any atom is 0.194 e. The van der Waals surface area contributed by atoms with Crippen molar-refractivity contribution in [2.75, 3.05) is 25.9 Å². The number of rotatable bonds is 7. The third-order valence-corrected chi connectivity index (χ3v) is 5.01. The Morgan fingerprint density at radius 2 is 2.08 bits per heavy atom. The molecule has 0 unspecified atom stereocenters. The summed E-state index contributed by atoms with van der Waals surface area (Å²) >= 11 is 3.34. The van der Waals surface area contributed by atoms with Crippen LogP contribution in [0.2, 0.25) is 0 Å². The molecule has 1 heterocycles. The summed E-state index contributed by atoms with van der Waals surface area (Å²) in [6, 6.07) is 6.57. The van der Waals surface area contributed by atoms with Crippen LogP contribution in [0.25, 0.3) is 0 Å². The van der Waals surface area contributed by atoms with Gasteiger partial charge in [0, 0.05) is 29.6 Å². The van der Waals surface area contributed by atoms with Gasteiger partial charge in [-0.1, -0.05) is 0 Å². The Labute approximate surface area is 174 Å². The first kappa shape index (κ1) is 22.2. The molecule has 0 atom stereocenters. The number of benzene rings is 1. The third kappa shape index (κ3) is 7.91. The fourth-order valence-electron chi connectivity index (χ4n) is 2.11. The van der Waals surface area contributed by atoms with E-state index in [0.717, 1.165) is 40.4 Å². The van der Waals surface area contributed by atoms with Crippen molar-refractivity contribution in [2.24, 2.45) is 4.99 Å². The maximum atomic E-state index is 12.9. The molecule has 1 aromatic heterocycles. The first-order valence-electron chi connectivity index (χ1n) is 7.87. The van der Waals surface area contributed by atoms with Crippen molar-refractivity contribution < 1.29 is 4.39 Å². The van der Waals surface area contributed by atoms with Gasteiger partial charge in [-0.25, -0.2) is 9.37 Å². The predicted molar refractivity (Wildman–Crippen MR) is 117 cm³/mol. The van der Waals surface area contributed by atoms with Crippen LogP contribution in [0.1, 0.15) is 17.6 Å². The maximum absolute atomic E-state index is 12.9. The van der Waals surface area contributed by atoms with Crippen LogP contribution < -0.4 is 5.32 Å². The van der Waals surface area contributed by atoms with Crippen LogP contribution in [0.3, 0.4) is 0 Å². The molecule has 0 amide bonds. The molecule has 0 radical (unpaired) electrons. The van der Waals surface area contributed by atoms with Crippen molar-refractivity contribution in [1.29, 1.82) is 0 Å². The molecule has 25 heavy (non-hydrogen) atoms. The number of nitrogens with one attached hydrogen (secondary N) is 1. The minimum Gasteiger partial charge on any atom is -0.357 e. The predicted octanol–water partition coefficient (Wildman–Crippen LogP) is 4.40. The number of guanidine groups is 1. The Balaban J connectivity index is 0.00000312. The van der Waals surface area contributed by atoms with Crippen molar-refractivity contribution in [3.05, 3.63) is 46.2 Å². The Kier molecular flexibility index (Phi) is 10.4. The summed E-state index contributed by atoms with van der Waals surface area (Å²) in [5, 5.41) is 6.47. The van der Waals surface area contributed by atoms with Crippen molar-refractivity contribution in [1.82, 2.24) is 15.2 Å². The molecule has 0 aliphatic heterocycles. The van der Waals surface area contributed by atoms with Gasteiger partial charge in [-0.05, 0) is 38.1 Å². The largest absolute Gasteiger partial charge is 0.357 e. The van der Waals surface area contributed by atoms with Crippen LogP contribution in [0.5, 0.6) is 0 Å². The lowest BCUT2D eigenvalue weighted by Gasteiger charge is -2.21. The molecular formula is C17H24FIN4S2. The summed E-state index contributed by atoms with van der Waals surface area (Å²) in [6.45, 7) is 6.33. The van der Waals surface area contributed by atoms with Crippen LogP contribution in [0.15, 0.2) is 39.5 Å². The average Bonchev–Trinajstić information content (AvgIpc) is 2.97. The van der Waals surface area contributed by atoms with E-state index in [0.29, 0.717) is 6.54 Å². The van der Waals surface area contributed by atoms with Gasteiger partial charge in [0.05, 0.1) is 23.8 Å². The minimum absolute atomic E-state index is 0. The van der Waals surface area contributed by atoms with E-state index >= 15 is 0 Å². The highest BCUT2D eigenvalue weighted by Crippen LogP contribution is 2.17. The summed E-state index contributed by atoms with van der Waals surface area (Å²) < 4.78 is 12.9. The SMILES string of the molecule is CCNC(=NCCSc1ccc(F)cc1)N(C)Cc1csc(C)n1.I. The zero-order chi connectivity index (χ0) is 17.4. The van der Waals surface area contributed by atoms with Crippen molar-refractivity contribution in [3.63, 3.8) is 0 Å². The van der Waals surface area contributed by atoms with E-state index < -0.39 is 0 Å². The number of hydrogen-bond donors (Lipinski definition) is 1. The summed E-state index contributed by atoms with van der Waals surface area (Å²) in [6.07, 6.45) is 0. The van der Waals surface area contributed by atoms with Crippen molar-refractivity contribution >= 4 is 53.0 Å². The summed E-state index contributed by atoms with van der Waals surface area (Å²) in [7, 11) is 2.02. The fourth-order valence-corrected chi connectivity index (χ4v) is 3.46. The normalized spacial score (nSPS) is 11.1. The molecule has 4 nitrogen and oxygen atoms in total.